The Morgan fingerprint density at radius 1 is 1.28 bits per heavy atom. The predicted molar refractivity (Wildman–Crippen MR) is 129 cm³/mol. The summed E-state index contributed by atoms with van der Waals surface area (Å²) in [7, 11) is 5.22. The molecule has 0 bridgehead atoms. The molecule has 0 aromatic carbocycles. The fourth-order valence-corrected chi connectivity index (χ4v) is 2.85. The topological polar surface area (TPSA) is 94.4 Å². The molecule has 0 aliphatic rings. The number of fused-ring (bicyclic) bond motifs is 1. The van der Waals surface area contributed by atoms with Crippen LogP contribution in [-0.4, -0.2) is 52.2 Å². The van der Waals surface area contributed by atoms with Gasteiger partial charge in [-0.15, -0.1) is 0 Å². The molecule has 2 N–H and O–H groups in total. The van der Waals surface area contributed by atoms with Gasteiger partial charge in [0.1, 0.15) is 11.1 Å². The van der Waals surface area contributed by atoms with Gasteiger partial charge in [-0.05, 0) is 54.7 Å². The Hall–Kier alpha value is -1.40. The minimum atomic E-state index is -0.413. The van der Waals surface area contributed by atoms with Crippen molar-refractivity contribution in [1.29, 1.82) is 0 Å². The number of carbonyl (C=O) groups is 2. The second kappa shape index (κ2) is 13.0. The molecule has 0 unspecified atom stereocenters. The van der Waals surface area contributed by atoms with Gasteiger partial charge in [-0.2, -0.15) is 0 Å². The molecule has 0 radical (unpaired) electrons. The summed E-state index contributed by atoms with van der Waals surface area (Å²) in [6.07, 6.45) is 2.07. The zero-order chi connectivity index (χ0) is 22.8. The number of alkyl halides is 1. The summed E-state index contributed by atoms with van der Waals surface area (Å²) in [4.78, 5) is 35.5. The molecule has 0 aliphatic heterocycles. The molecule has 1 amide bonds. The Morgan fingerprint density at radius 3 is 2.34 bits per heavy atom. The largest absolute Gasteiger partial charge is 0.444 e. The third-order valence-electron chi connectivity index (χ3n) is 3.52. The van der Waals surface area contributed by atoms with Crippen LogP contribution in [0.2, 0.25) is 0 Å². The molecule has 29 heavy (non-hydrogen) atoms. The molecule has 0 spiro atoms. The molecule has 0 saturated carbocycles. The number of hydrogen-bond acceptors (Lipinski definition) is 5. The number of aryl methyl sites for hydroxylation is 2. The lowest BCUT2D eigenvalue weighted by Crippen LogP contribution is -2.35. The molecular weight excluding hydrogens is 555 g/mol. The van der Waals surface area contributed by atoms with Crippen LogP contribution in [0.25, 0.3) is 10.9 Å². The van der Waals surface area contributed by atoms with Gasteiger partial charge in [-0.25, -0.2) is 4.79 Å². The van der Waals surface area contributed by atoms with Crippen LogP contribution >= 0.6 is 38.5 Å². The van der Waals surface area contributed by atoms with Gasteiger partial charge in [0, 0.05) is 43.2 Å². The number of nitrogens with one attached hydrogen (secondary N) is 2. The fraction of sp³-hybridized carbons (Fsp3) is 0.526. The lowest BCUT2D eigenvalue weighted by Gasteiger charge is -2.19. The summed E-state index contributed by atoms with van der Waals surface area (Å²) in [5.74, 6) is 0. The molecule has 2 rings (SSSR count). The summed E-state index contributed by atoms with van der Waals surface area (Å²) in [5.41, 5.74) is 0.510. The van der Waals surface area contributed by atoms with E-state index in [1.165, 1.54) is 4.57 Å². The van der Waals surface area contributed by atoms with Crippen LogP contribution in [0.1, 0.15) is 31.3 Å². The third kappa shape index (κ3) is 8.87. The smallest absolute Gasteiger partial charge is 0.407 e. The van der Waals surface area contributed by atoms with Crippen molar-refractivity contribution < 1.29 is 14.3 Å². The Balaban J connectivity index is 0.000000512. The summed E-state index contributed by atoms with van der Waals surface area (Å²) < 4.78 is 8.91. The number of alkyl carbamates (subject to hydrolysis) is 1. The first-order chi connectivity index (χ1) is 13.5. The van der Waals surface area contributed by atoms with Crippen molar-refractivity contribution in [3.8, 4) is 0 Å². The second-order valence-electron chi connectivity index (χ2n) is 6.93. The number of ether oxygens (including phenoxy) is 1. The van der Waals surface area contributed by atoms with Crippen molar-refractivity contribution in [2.75, 3.05) is 25.1 Å². The van der Waals surface area contributed by atoms with Crippen molar-refractivity contribution in [3.05, 3.63) is 32.8 Å². The second-order valence-corrected chi connectivity index (χ2v) is 7.79. The summed E-state index contributed by atoms with van der Waals surface area (Å²) in [5, 5.41) is 6.30. The number of rotatable bonds is 4. The van der Waals surface area contributed by atoms with E-state index in [4.69, 9.17) is 4.74 Å². The highest BCUT2D eigenvalue weighted by atomic mass is 127. The molecular formula is C19H30BrIN4O4. The molecule has 2 aromatic rings. The Kier molecular flexibility index (Phi) is 12.4. The molecule has 2 aromatic heterocycles. The SMILES string of the molecule is CI.CNCCNC(=O)OC(C)(C)C.Cn1cc(Br)c2cc(C=O)n(C)c2c1=O. The van der Waals surface area contributed by atoms with Gasteiger partial charge < -0.3 is 24.5 Å². The number of carbonyl (C=O) groups excluding carboxylic acids is 2. The van der Waals surface area contributed by atoms with Crippen LogP contribution in [-0.2, 0) is 18.8 Å². The van der Waals surface area contributed by atoms with Crippen LogP contribution in [0.4, 0.5) is 4.79 Å². The Morgan fingerprint density at radius 2 is 1.86 bits per heavy atom. The van der Waals surface area contributed by atoms with Crippen LogP contribution in [0.5, 0.6) is 0 Å². The predicted octanol–water partition coefficient (Wildman–Crippen LogP) is 3.23. The molecule has 0 fully saturated rings. The zero-order valence-electron chi connectivity index (χ0n) is 17.9. The Bertz CT molecular complexity index is 872. The van der Waals surface area contributed by atoms with Crippen LogP contribution < -0.4 is 16.2 Å². The summed E-state index contributed by atoms with van der Waals surface area (Å²) >= 11 is 5.52. The maximum Gasteiger partial charge on any atom is 0.407 e. The molecule has 10 heteroatoms. The third-order valence-corrected chi connectivity index (χ3v) is 4.15. The van der Waals surface area contributed by atoms with E-state index in [1.54, 1.807) is 30.9 Å². The first-order valence-electron chi connectivity index (χ1n) is 8.80. The molecule has 0 saturated heterocycles. The van der Waals surface area contributed by atoms with Gasteiger partial charge in [-0.1, -0.05) is 22.6 Å². The number of aldehydes is 1. The van der Waals surface area contributed by atoms with Gasteiger partial charge in [0.15, 0.2) is 6.29 Å². The molecule has 2 heterocycles. The average Bonchev–Trinajstić information content (AvgIpc) is 2.98. The van der Waals surface area contributed by atoms with E-state index >= 15 is 0 Å². The molecule has 0 aliphatic carbocycles. The summed E-state index contributed by atoms with van der Waals surface area (Å²) in [6.45, 7) is 6.85. The van der Waals surface area contributed by atoms with Crippen LogP contribution in [0, 0.1) is 0 Å². The maximum absolute atomic E-state index is 11.8. The van der Waals surface area contributed by atoms with Gasteiger partial charge in [-0.3, -0.25) is 9.59 Å². The quantitative estimate of drug-likeness (QED) is 0.249. The molecule has 164 valence electrons. The number of halogens is 2. The maximum atomic E-state index is 11.8. The highest BCUT2D eigenvalue weighted by Crippen LogP contribution is 2.23. The van der Waals surface area contributed by atoms with E-state index in [-0.39, 0.29) is 11.7 Å². The minimum absolute atomic E-state index is 0.108. The first-order valence-corrected chi connectivity index (χ1v) is 11.8. The number of pyridine rings is 1. The average molecular weight is 585 g/mol. The van der Waals surface area contributed by atoms with Gasteiger partial charge >= 0.3 is 6.09 Å². The monoisotopic (exact) mass is 584 g/mol. The minimum Gasteiger partial charge on any atom is -0.444 e. The van der Waals surface area contributed by atoms with E-state index in [0.717, 1.165) is 22.7 Å². The van der Waals surface area contributed by atoms with Crippen molar-refractivity contribution in [1.82, 2.24) is 19.8 Å². The Labute approximate surface area is 193 Å². The van der Waals surface area contributed by atoms with E-state index in [9.17, 15) is 14.4 Å². The van der Waals surface area contributed by atoms with Gasteiger partial charge in [0.25, 0.3) is 5.56 Å². The van der Waals surface area contributed by atoms with Crippen molar-refractivity contribution in [2.24, 2.45) is 14.1 Å². The van der Waals surface area contributed by atoms with Crippen LogP contribution in [0.15, 0.2) is 21.5 Å². The highest BCUT2D eigenvalue weighted by Gasteiger charge is 2.15. The number of hydrogen-bond donors (Lipinski definition) is 2. The van der Waals surface area contributed by atoms with Gasteiger partial charge in [0.05, 0.1) is 5.69 Å². The lowest BCUT2D eigenvalue weighted by molar-refractivity contribution is 0.0528. The van der Waals surface area contributed by atoms with E-state index in [1.807, 2.05) is 32.7 Å². The number of likely N-dealkylation sites (N-methyl/N-ethyl adjacent to an activating group) is 1. The van der Waals surface area contributed by atoms with Gasteiger partial charge in [0.2, 0.25) is 0 Å². The number of amides is 1. The number of nitrogens with zero attached hydrogens (tertiary/aromatic N) is 2. The molecule has 0 atom stereocenters. The van der Waals surface area contributed by atoms with E-state index in [2.05, 4.69) is 49.2 Å². The zero-order valence-corrected chi connectivity index (χ0v) is 21.7. The highest BCUT2D eigenvalue weighted by molar-refractivity contribution is 14.1. The van der Waals surface area contributed by atoms with E-state index < -0.39 is 5.60 Å². The van der Waals surface area contributed by atoms with Crippen molar-refractivity contribution in [2.45, 2.75) is 26.4 Å². The van der Waals surface area contributed by atoms with E-state index in [0.29, 0.717) is 17.8 Å². The molecule has 8 nitrogen and oxygen atoms in total. The number of aromatic nitrogens is 2. The van der Waals surface area contributed by atoms with Crippen LogP contribution in [0.3, 0.4) is 0 Å². The normalized spacial score (nSPS) is 10.4. The van der Waals surface area contributed by atoms with Crippen molar-refractivity contribution in [3.63, 3.8) is 0 Å². The standard InChI is InChI=1S/C10H9BrN2O2.C8H18N2O2.CH3I/c1-12-4-8(11)7-3-6(5-14)13(2)9(7)10(12)15;1-8(2,3)12-7(11)10-6-5-9-4;1-2/h3-5H,1-2H3;9H,5-6H2,1-4H3,(H,10,11);1H3. The summed E-state index contributed by atoms with van der Waals surface area (Å²) in [6, 6.07) is 1.70. The fourth-order valence-electron chi connectivity index (χ4n) is 2.25. The first kappa shape index (κ1) is 27.6. The lowest BCUT2D eigenvalue weighted by atomic mass is 10.2. The van der Waals surface area contributed by atoms with Crippen molar-refractivity contribution >= 4 is 61.8 Å².